The molecule has 29 heavy (non-hydrogen) atoms. The van der Waals surface area contributed by atoms with Gasteiger partial charge >= 0.3 is 5.97 Å². The minimum atomic E-state index is -0.570. The number of rotatable bonds is 5. The monoisotopic (exact) mass is 395 g/mol. The third-order valence-electron chi connectivity index (χ3n) is 3.91. The van der Waals surface area contributed by atoms with Crippen LogP contribution in [0, 0.1) is 0 Å². The predicted molar refractivity (Wildman–Crippen MR) is 102 cm³/mol. The van der Waals surface area contributed by atoms with Crippen LogP contribution in [0.2, 0.25) is 0 Å². The van der Waals surface area contributed by atoms with Gasteiger partial charge in [0, 0.05) is 0 Å². The van der Waals surface area contributed by atoms with Crippen LogP contribution >= 0.6 is 0 Å². The van der Waals surface area contributed by atoms with Gasteiger partial charge in [-0.15, -0.1) is 9.88 Å². The summed E-state index contributed by atoms with van der Waals surface area (Å²) in [5.41, 5.74) is 3.48. The molecular weight excluding hydrogens is 378 g/mol. The van der Waals surface area contributed by atoms with E-state index >= 15 is 0 Å². The van der Waals surface area contributed by atoms with Gasteiger partial charge in [-0.05, 0) is 48.1 Å². The van der Waals surface area contributed by atoms with Crippen molar-refractivity contribution >= 4 is 17.3 Å². The first-order valence-electron chi connectivity index (χ1n) is 8.62. The van der Waals surface area contributed by atoms with Gasteiger partial charge in [-0.1, -0.05) is 51.8 Å². The Hall–Kier alpha value is -3.63. The van der Waals surface area contributed by atoms with Crippen molar-refractivity contribution in [2.24, 2.45) is 0 Å². The molecule has 9 nitrogen and oxygen atoms in total. The van der Waals surface area contributed by atoms with E-state index in [1.807, 2.05) is 36.4 Å². The normalized spacial score (nSPS) is 13.8. The molecule has 148 valence electrons. The van der Waals surface area contributed by atoms with E-state index in [9.17, 15) is 4.79 Å². The lowest BCUT2D eigenvalue weighted by molar-refractivity contribution is -0.354. The number of nitrogens with one attached hydrogen (secondary N) is 1. The van der Waals surface area contributed by atoms with Gasteiger partial charge in [0.1, 0.15) is 22.7 Å². The molecule has 1 aliphatic rings. The largest absolute Gasteiger partial charge is 0.465 e. The molecule has 0 bridgehead atoms. The zero-order valence-electron chi connectivity index (χ0n) is 15.3. The van der Waals surface area contributed by atoms with Crippen LogP contribution in [0.3, 0.4) is 0 Å². The Morgan fingerprint density at radius 2 is 1.52 bits per heavy atom. The first-order valence-corrected chi connectivity index (χ1v) is 8.62. The van der Waals surface area contributed by atoms with Crippen molar-refractivity contribution < 1.29 is 29.1 Å². The summed E-state index contributed by atoms with van der Waals surface area (Å²) in [7, 11) is 1.29. The van der Waals surface area contributed by atoms with E-state index in [0.717, 1.165) is 10.5 Å². The van der Waals surface area contributed by atoms with Crippen LogP contribution in [-0.4, -0.2) is 13.1 Å². The van der Waals surface area contributed by atoms with Crippen molar-refractivity contribution in [3.05, 3.63) is 84.4 Å². The number of carbonyl (C=O) groups is 1. The molecule has 3 aromatic rings. The molecule has 0 aliphatic carbocycles. The average Bonchev–Trinajstić information content (AvgIpc) is 2.80. The highest BCUT2D eigenvalue weighted by molar-refractivity contribution is 5.93. The van der Waals surface area contributed by atoms with Crippen molar-refractivity contribution in [2.45, 2.75) is 0 Å². The number of nitrogens with zero attached hydrogens (tertiary/aromatic N) is 2. The van der Waals surface area contributed by atoms with Crippen molar-refractivity contribution in [1.29, 1.82) is 0 Å². The number of anilines is 2. The number of hydrogen-bond acceptors (Lipinski definition) is 9. The summed E-state index contributed by atoms with van der Waals surface area (Å²) >= 11 is 0. The Morgan fingerprint density at radius 1 is 0.862 bits per heavy atom. The summed E-state index contributed by atoms with van der Waals surface area (Å²) < 4.78 is 10.7. The van der Waals surface area contributed by atoms with E-state index in [4.69, 9.17) is 24.3 Å². The van der Waals surface area contributed by atoms with Crippen LogP contribution in [0.1, 0.15) is 10.4 Å². The highest BCUT2D eigenvalue weighted by atomic mass is 17.3. The van der Waals surface area contributed by atoms with E-state index in [-0.39, 0.29) is 5.56 Å². The molecule has 0 unspecified atom stereocenters. The van der Waals surface area contributed by atoms with Crippen LogP contribution in [0.15, 0.2) is 78.9 Å². The lowest BCUT2D eigenvalue weighted by Crippen LogP contribution is -2.48. The molecule has 0 amide bonds. The molecule has 0 atom stereocenters. The SMILES string of the molecule is COC(=O)c1cc(N2ONON(c3ccccc3)O2)ccc1Oc1ccccc1. The molecule has 1 N–H and O–H groups in total. The Kier molecular flexibility index (Phi) is 5.54. The molecule has 4 rings (SSSR count). The van der Waals surface area contributed by atoms with Crippen molar-refractivity contribution in [3.63, 3.8) is 0 Å². The van der Waals surface area contributed by atoms with E-state index in [2.05, 4.69) is 5.64 Å². The maximum atomic E-state index is 12.3. The van der Waals surface area contributed by atoms with Crippen LogP contribution in [0.4, 0.5) is 11.4 Å². The second-order valence-corrected chi connectivity index (χ2v) is 5.78. The molecule has 0 saturated carbocycles. The fourth-order valence-corrected chi connectivity index (χ4v) is 2.54. The van der Waals surface area contributed by atoms with Gasteiger partial charge in [-0.3, -0.25) is 0 Å². The highest BCUT2D eigenvalue weighted by Crippen LogP contribution is 2.31. The lowest BCUT2D eigenvalue weighted by Gasteiger charge is -2.32. The van der Waals surface area contributed by atoms with E-state index in [0.29, 0.717) is 22.9 Å². The van der Waals surface area contributed by atoms with Crippen LogP contribution in [0.5, 0.6) is 11.5 Å². The third-order valence-corrected chi connectivity index (χ3v) is 3.91. The standard InChI is InChI=1S/C20H17N3O6/c1-25-20(24)18-14-16(12-13-19(18)26-17-10-6-3-7-11-17)23-28-21-27-22(29-23)15-8-4-2-5-9-15/h2-14,21H,1H3. The topological polar surface area (TPSA) is 81.7 Å². The van der Waals surface area contributed by atoms with Crippen LogP contribution < -0.4 is 20.8 Å². The van der Waals surface area contributed by atoms with Crippen molar-refractivity contribution in [2.75, 3.05) is 17.6 Å². The number of ether oxygens (including phenoxy) is 2. The number of methoxy groups -OCH3 is 1. The fraction of sp³-hybridized carbons (Fsp3) is 0.0500. The molecule has 0 spiro atoms. The Labute approximate surface area is 166 Å². The maximum absolute atomic E-state index is 12.3. The highest BCUT2D eigenvalue weighted by Gasteiger charge is 2.25. The van der Waals surface area contributed by atoms with Gasteiger partial charge in [-0.25, -0.2) is 4.79 Å². The summed E-state index contributed by atoms with van der Waals surface area (Å²) in [5.74, 6) is 0.341. The molecule has 1 saturated heterocycles. The first-order chi connectivity index (χ1) is 14.2. The third kappa shape index (κ3) is 4.28. The van der Waals surface area contributed by atoms with E-state index in [1.54, 1.807) is 36.4 Å². The zero-order chi connectivity index (χ0) is 20.1. The Morgan fingerprint density at radius 3 is 2.21 bits per heavy atom. The molecule has 0 aromatic heterocycles. The van der Waals surface area contributed by atoms with E-state index in [1.165, 1.54) is 13.2 Å². The van der Waals surface area contributed by atoms with Gasteiger partial charge < -0.3 is 9.47 Å². The summed E-state index contributed by atoms with van der Waals surface area (Å²) in [6.45, 7) is 0. The quantitative estimate of drug-likeness (QED) is 0.650. The van der Waals surface area contributed by atoms with E-state index < -0.39 is 5.97 Å². The molecule has 9 heteroatoms. The average molecular weight is 395 g/mol. The second kappa shape index (κ2) is 8.59. The van der Waals surface area contributed by atoms with Gasteiger partial charge in [0.05, 0.1) is 12.8 Å². The Balaban J connectivity index is 1.59. The molecule has 3 aromatic carbocycles. The minimum absolute atomic E-state index is 0.193. The predicted octanol–water partition coefficient (Wildman–Crippen LogP) is 3.72. The summed E-state index contributed by atoms with van der Waals surface area (Å²) in [5, 5.41) is 2.14. The zero-order valence-corrected chi connectivity index (χ0v) is 15.3. The van der Waals surface area contributed by atoms with Crippen molar-refractivity contribution in [1.82, 2.24) is 5.64 Å². The fourth-order valence-electron chi connectivity index (χ4n) is 2.54. The summed E-state index contributed by atoms with van der Waals surface area (Å²) in [6, 6.07) is 23.0. The molecular formula is C20H17N3O6. The van der Waals surface area contributed by atoms with Gasteiger partial charge in [-0.2, -0.15) is 0 Å². The van der Waals surface area contributed by atoms with Gasteiger partial charge in [0.25, 0.3) is 0 Å². The maximum Gasteiger partial charge on any atom is 0.341 e. The number of benzene rings is 3. The number of hydrogen-bond donors (Lipinski definition) is 1. The molecule has 1 heterocycles. The van der Waals surface area contributed by atoms with Gasteiger partial charge in [0.2, 0.25) is 0 Å². The van der Waals surface area contributed by atoms with Gasteiger partial charge in [0.15, 0.2) is 0 Å². The van der Waals surface area contributed by atoms with Crippen molar-refractivity contribution in [3.8, 4) is 11.5 Å². The molecule has 0 radical (unpaired) electrons. The Bertz CT molecular complexity index is 970. The summed E-state index contributed by atoms with van der Waals surface area (Å²) in [6.07, 6.45) is 0. The lowest BCUT2D eigenvalue weighted by atomic mass is 10.1. The minimum Gasteiger partial charge on any atom is -0.465 e. The van der Waals surface area contributed by atoms with Crippen LogP contribution in [0.25, 0.3) is 0 Å². The number of para-hydroxylation sites is 2. The molecule has 1 aliphatic heterocycles. The second-order valence-electron chi connectivity index (χ2n) is 5.78. The number of carbonyl (C=O) groups excluding carboxylic acids is 1. The first kappa shape index (κ1) is 18.7. The van der Waals surface area contributed by atoms with Crippen LogP contribution in [-0.2, 0) is 19.6 Å². The molecule has 1 fully saturated rings. The number of esters is 1. The summed E-state index contributed by atoms with van der Waals surface area (Å²) in [4.78, 5) is 28.1. The smallest absolute Gasteiger partial charge is 0.341 e.